The van der Waals surface area contributed by atoms with Crippen LogP contribution in [0.15, 0.2) is 18.3 Å². The Kier molecular flexibility index (Phi) is 2.38. The van der Waals surface area contributed by atoms with Crippen molar-refractivity contribution >= 4 is 17.5 Å². The van der Waals surface area contributed by atoms with Crippen molar-refractivity contribution < 1.29 is 19.8 Å². The highest BCUT2D eigenvalue weighted by Crippen LogP contribution is 2.50. The van der Waals surface area contributed by atoms with Crippen LogP contribution in [0.3, 0.4) is 0 Å². The number of nitrogens with zero attached hydrogens (tertiary/aromatic N) is 3. The molecule has 0 unspecified atom stereocenters. The summed E-state index contributed by atoms with van der Waals surface area (Å²) in [6.07, 6.45) is 2.39. The van der Waals surface area contributed by atoms with Crippen molar-refractivity contribution in [1.29, 1.82) is 0 Å². The van der Waals surface area contributed by atoms with Crippen LogP contribution in [0.4, 0.5) is 0 Å². The quantitative estimate of drug-likeness (QED) is 0.352. The van der Waals surface area contributed by atoms with E-state index in [1.54, 1.807) is 0 Å². The van der Waals surface area contributed by atoms with E-state index < -0.39 is 23.0 Å². The van der Waals surface area contributed by atoms with Crippen molar-refractivity contribution in [3.05, 3.63) is 24.0 Å². The van der Waals surface area contributed by atoms with Gasteiger partial charge in [-0.2, -0.15) is 0 Å². The molecule has 18 heavy (non-hydrogen) atoms. The highest BCUT2D eigenvalue weighted by molar-refractivity contribution is 6.16. The minimum absolute atomic E-state index is 0.0568. The Bertz CT molecular complexity index is 539. The Hall–Kier alpha value is -2.39. The lowest BCUT2D eigenvalue weighted by molar-refractivity contribution is -0.164. The van der Waals surface area contributed by atoms with Gasteiger partial charge in [0.25, 0.3) is 0 Å². The summed E-state index contributed by atoms with van der Waals surface area (Å²) >= 11 is 0. The zero-order chi connectivity index (χ0) is 13.6. The first-order chi connectivity index (χ1) is 8.34. The zero-order valence-electron chi connectivity index (χ0n) is 8.94. The van der Waals surface area contributed by atoms with E-state index >= 15 is 0 Å². The van der Waals surface area contributed by atoms with Crippen molar-refractivity contribution in [3.63, 3.8) is 0 Å². The summed E-state index contributed by atoms with van der Waals surface area (Å²) in [6.45, 7) is 0. The molecule has 6 N–H and O–H groups in total. The number of carboxylic acids is 2. The first kappa shape index (κ1) is 12.1. The van der Waals surface area contributed by atoms with Gasteiger partial charge in [-0.15, -0.1) is 10.2 Å². The van der Waals surface area contributed by atoms with Gasteiger partial charge in [0.05, 0.1) is 11.9 Å². The van der Waals surface area contributed by atoms with E-state index in [0.29, 0.717) is 0 Å². The lowest BCUT2D eigenvalue weighted by atomic mass is 9.59. The number of hydrogen-bond donors (Lipinski definition) is 4. The van der Waals surface area contributed by atoms with Crippen LogP contribution < -0.4 is 11.5 Å². The third-order valence-electron chi connectivity index (χ3n) is 2.86. The Labute approximate surface area is 100 Å². The molecule has 0 aliphatic heterocycles. The summed E-state index contributed by atoms with van der Waals surface area (Å²) in [5.74, 6) is -3.31. The fraction of sp³-hybridized carbons (Fsp3) is 0.222. The Balaban J connectivity index is 2.63. The molecule has 1 aliphatic rings. The second-order valence-electron chi connectivity index (χ2n) is 3.86. The summed E-state index contributed by atoms with van der Waals surface area (Å²) in [5, 5.41) is 28.6. The average Bonchev–Trinajstić information content (AvgIpc) is 2.26. The molecule has 0 amide bonds. The number of nitrogens with two attached hydrogens (primary N) is 2. The smallest absolute Gasteiger partial charge is 0.329 e. The summed E-state index contributed by atoms with van der Waals surface area (Å²) in [7, 11) is 0. The molecule has 0 saturated carbocycles. The van der Waals surface area contributed by atoms with Crippen LogP contribution in [0.1, 0.15) is 5.69 Å². The van der Waals surface area contributed by atoms with Crippen molar-refractivity contribution in [3.8, 4) is 0 Å². The third-order valence-corrected chi connectivity index (χ3v) is 2.86. The predicted molar refractivity (Wildman–Crippen MR) is 56.6 cm³/mol. The minimum Gasteiger partial charge on any atom is -0.480 e. The molecule has 1 aromatic rings. The van der Waals surface area contributed by atoms with Gasteiger partial charge >= 0.3 is 11.9 Å². The molecule has 0 atom stereocenters. The molecular weight excluding hydrogens is 242 g/mol. The monoisotopic (exact) mass is 251 g/mol. The Morgan fingerprint density at radius 3 is 2.22 bits per heavy atom. The minimum atomic E-state index is -2.44. The molecule has 9 nitrogen and oxygen atoms in total. The number of carbonyl (C=O) groups is 2. The predicted octanol–water partition coefficient (Wildman–Crippen LogP) is -1.96. The van der Waals surface area contributed by atoms with Crippen molar-refractivity contribution in [2.45, 2.75) is 5.66 Å². The van der Waals surface area contributed by atoms with Crippen LogP contribution in [0.5, 0.6) is 0 Å². The highest BCUT2D eigenvalue weighted by atomic mass is 16.4. The molecule has 9 heteroatoms. The largest absolute Gasteiger partial charge is 0.480 e. The lowest BCUT2D eigenvalue weighted by Gasteiger charge is -2.46. The van der Waals surface area contributed by atoms with Crippen molar-refractivity contribution in [1.82, 2.24) is 15.4 Å². The number of rotatable bonds is 3. The molecule has 0 fully saturated rings. The van der Waals surface area contributed by atoms with Crippen LogP contribution in [-0.2, 0) is 9.59 Å². The van der Waals surface area contributed by atoms with Crippen molar-refractivity contribution in [2.75, 3.05) is 0 Å². The van der Waals surface area contributed by atoms with E-state index in [2.05, 4.69) is 15.4 Å². The van der Waals surface area contributed by atoms with Gasteiger partial charge in [0.15, 0.2) is 0 Å². The Morgan fingerprint density at radius 2 is 1.83 bits per heavy atom. The number of aromatic nitrogens is 3. The van der Waals surface area contributed by atoms with Gasteiger partial charge in [-0.25, -0.2) is 0 Å². The molecule has 0 saturated heterocycles. The van der Waals surface area contributed by atoms with E-state index in [4.69, 9.17) is 11.5 Å². The second-order valence-corrected chi connectivity index (χ2v) is 3.86. The number of aliphatic carboxylic acids is 2. The van der Waals surface area contributed by atoms with Gasteiger partial charge < -0.3 is 21.7 Å². The van der Waals surface area contributed by atoms with Gasteiger partial charge in [0, 0.05) is 5.57 Å². The third kappa shape index (κ3) is 1.25. The molecule has 0 spiro atoms. The SMILES string of the molecule is NC1(N)C=C(c2ccnnn2)C1(C(=O)O)C(=O)O. The molecule has 1 aliphatic carbocycles. The maximum Gasteiger partial charge on any atom is 0.329 e. The summed E-state index contributed by atoms with van der Waals surface area (Å²) in [6, 6.07) is 1.33. The molecule has 1 heterocycles. The first-order valence-electron chi connectivity index (χ1n) is 4.76. The lowest BCUT2D eigenvalue weighted by Crippen LogP contribution is -2.73. The Morgan fingerprint density at radius 1 is 1.22 bits per heavy atom. The normalized spacial score (nSPS) is 19.6. The van der Waals surface area contributed by atoms with Gasteiger partial charge in [0.1, 0.15) is 5.66 Å². The topological polar surface area (TPSA) is 165 Å². The van der Waals surface area contributed by atoms with Gasteiger partial charge in [-0.05, 0) is 17.4 Å². The summed E-state index contributed by atoms with van der Waals surface area (Å²) in [4.78, 5) is 22.6. The maximum absolute atomic E-state index is 11.3. The molecule has 94 valence electrons. The van der Waals surface area contributed by atoms with Crippen LogP contribution in [0, 0.1) is 5.41 Å². The molecule has 0 aromatic carbocycles. The fourth-order valence-electron chi connectivity index (χ4n) is 1.95. The van der Waals surface area contributed by atoms with E-state index in [-0.39, 0.29) is 11.3 Å². The van der Waals surface area contributed by atoms with Crippen molar-refractivity contribution in [2.24, 2.45) is 16.9 Å². The summed E-state index contributed by atoms with van der Waals surface area (Å²) < 4.78 is 0. The molecule has 1 aromatic heterocycles. The van der Waals surface area contributed by atoms with E-state index in [9.17, 15) is 19.8 Å². The summed E-state index contributed by atoms with van der Waals surface area (Å²) in [5.41, 5.74) is 6.52. The van der Waals surface area contributed by atoms with Crippen LogP contribution >= 0.6 is 0 Å². The average molecular weight is 251 g/mol. The van der Waals surface area contributed by atoms with Crippen LogP contribution in [-0.4, -0.2) is 43.2 Å². The van der Waals surface area contributed by atoms with E-state index in [0.717, 1.165) is 6.08 Å². The fourth-order valence-corrected chi connectivity index (χ4v) is 1.95. The number of carboxylic acid groups (broad SMARTS) is 2. The van der Waals surface area contributed by atoms with Gasteiger partial charge in [-0.3, -0.25) is 9.59 Å². The van der Waals surface area contributed by atoms with Gasteiger partial charge in [-0.1, -0.05) is 0 Å². The number of hydrogen-bond acceptors (Lipinski definition) is 7. The molecular formula is C9H9N5O4. The van der Waals surface area contributed by atoms with E-state index in [1.165, 1.54) is 12.3 Å². The molecule has 0 bridgehead atoms. The molecule has 0 radical (unpaired) electrons. The van der Waals surface area contributed by atoms with E-state index in [1.807, 2.05) is 0 Å². The van der Waals surface area contributed by atoms with Gasteiger partial charge in [0.2, 0.25) is 5.41 Å². The second kappa shape index (κ2) is 3.55. The molecule has 2 rings (SSSR count). The van der Waals surface area contributed by atoms with Crippen LogP contribution in [0.25, 0.3) is 5.57 Å². The maximum atomic E-state index is 11.3. The zero-order valence-corrected chi connectivity index (χ0v) is 8.94. The highest BCUT2D eigenvalue weighted by Gasteiger charge is 2.68. The standard InChI is InChI=1S/C9H9N5O4/c10-8(11)3-4(5-1-2-12-14-13-5)9(8,6(15)16)7(17)18/h1-3H,10-11H2,(H,15,16)(H,17,18). The van der Waals surface area contributed by atoms with Crippen LogP contribution in [0.2, 0.25) is 0 Å². The first-order valence-corrected chi connectivity index (χ1v) is 4.76.